The van der Waals surface area contributed by atoms with E-state index in [1.54, 1.807) is 12.4 Å². The largest absolute Gasteiger partial charge is 0.465 e. The number of benzene rings is 1. The molecule has 31 heavy (non-hydrogen) atoms. The number of hydrogen-bond acceptors (Lipinski definition) is 4. The van der Waals surface area contributed by atoms with E-state index in [-0.39, 0.29) is 24.5 Å². The predicted molar refractivity (Wildman–Crippen MR) is 115 cm³/mol. The summed E-state index contributed by atoms with van der Waals surface area (Å²) in [4.78, 5) is 31.8. The number of aromatic nitrogens is 2. The van der Waals surface area contributed by atoms with Crippen molar-refractivity contribution in [1.29, 1.82) is 0 Å². The zero-order valence-electron chi connectivity index (χ0n) is 16.8. The number of rotatable bonds is 7. The number of Topliss-reactive ketones (excluding diaryl/α,β-unsaturated/α-hetero) is 1. The van der Waals surface area contributed by atoms with E-state index >= 15 is 0 Å². The SMILES string of the molecule is O=C(O)NC(CCF)C1CC(=O)c2c([nH]c(-c3ccncc3)c2Nc2ccccc2)C1. The molecule has 8 heteroatoms. The lowest BCUT2D eigenvalue weighted by molar-refractivity contribution is 0.0928. The van der Waals surface area contributed by atoms with Crippen molar-refractivity contribution in [2.24, 2.45) is 5.92 Å². The van der Waals surface area contributed by atoms with E-state index < -0.39 is 18.8 Å². The fourth-order valence-corrected chi connectivity index (χ4v) is 4.20. The number of nitrogens with zero attached hydrogens (tertiary/aromatic N) is 1. The Morgan fingerprint density at radius 3 is 2.61 bits per heavy atom. The van der Waals surface area contributed by atoms with Crippen molar-refractivity contribution < 1.29 is 19.1 Å². The maximum atomic E-state index is 13.2. The summed E-state index contributed by atoms with van der Waals surface area (Å²) >= 11 is 0. The van der Waals surface area contributed by atoms with Crippen molar-refractivity contribution in [3.05, 3.63) is 66.1 Å². The van der Waals surface area contributed by atoms with Gasteiger partial charge in [-0.3, -0.25) is 14.2 Å². The molecule has 0 bridgehead atoms. The van der Waals surface area contributed by atoms with Crippen molar-refractivity contribution >= 4 is 23.3 Å². The highest BCUT2D eigenvalue weighted by atomic mass is 19.1. The topological polar surface area (TPSA) is 107 Å². The third kappa shape index (κ3) is 4.42. The van der Waals surface area contributed by atoms with Gasteiger partial charge in [0.2, 0.25) is 0 Å². The summed E-state index contributed by atoms with van der Waals surface area (Å²) in [6.07, 6.45) is 2.77. The molecule has 2 unspecified atom stereocenters. The number of ketones is 1. The van der Waals surface area contributed by atoms with Crippen LogP contribution in [-0.4, -0.2) is 39.7 Å². The molecule has 0 radical (unpaired) electrons. The number of anilines is 2. The zero-order valence-corrected chi connectivity index (χ0v) is 16.8. The van der Waals surface area contributed by atoms with Crippen LogP contribution < -0.4 is 10.6 Å². The summed E-state index contributed by atoms with van der Waals surface area (Å²) in [5, 5.41) is 14.9. The zero-order chi connectivity index (χ0) is 21.8. The summed E-state index contributed by atoms with van der Waals surface area (Å²) in [6, 6.07) is 12.6. The Kier molecular flexibility index (Phi) is 5.97. The Labute approximate surface area is 178 Å². The number of hydrogen-bond donors (Lipinski definition) is 4. The smallest absolute Gasteiger partial charge is 0.404 e. The van der Waals surface area contributed by atoms with E-state index in [2.05, 4.69) is 20.6 Å². The number of pyridine rings is 1. The van der Waals surface area contributed by atoms with Crippen molar-refractivity contribution in [2.45, 2.75) is 25.3 Å². The van der Waals surface area contributed by atoms with Gasteiger partial charge in [-0.15, -0.1) is 0 Å². The molecular formula is C23H23FN4O3. The number of H-pyrrole nitrogens is 1. The monoisotopic (exact) mass is 422 g/mol. The third-order valence-electron chi connectivity index (χ3n) is 5.58. The Hall–Kier alpha value is -3.68. The highest BCUT2D eigenvalue weighted by Crippen LogP contribution is 2.40. The highest BCUT2D eigenvalue weighted by Gasteiger charge is 2.35. The number of alkyl halides is 1. The van der Waals surface area contributed by atoms with Crippen molar-refractivity contribution in [3.8, 4) is 11.3 Å². The number of amides is 1. The van der Waals surface area contributed by atoms with Crippen LogP contribution in [0.5, 0.6) is 0 Å². The standard InChI is InChI=1S/C23H23FN4O3/c24-9-6-17(28-23(30)31)15-12-18-20(19(29)13-15)22(26-16-4-2-1-3-5-16)21(27-18)14-7-10-25-11-8-14/h1-5,7-8,10-11,15,17,26-28H,6,9,12-13H2,(H,30,31). The molecule has 160 valence electrons. The van der Waals surface area contributed by atoms with Crippen molar-refractivity contribution in [2.75, 3.05) is 12.0 Å². The number of nitrogens with one attached hydrogen (secondary N) is 3. The summed E-state index contributed by atoms with van der Waals surface area (Å²) < 4.78 is 13.0. The normalized spacial score (nSPS) is 16.4. The number of para-hydroxylation sites is 1. The summed E-state index contributed by atoms with van der Waals surface area (Å²) in [5.74, 6) is -0.419. The molecule has 1 aliphatic rings. The Morgan fingerprint density at radius 1 is 1.19 bits per heavy atom. The molecule has 1 aromatic carbocycles. The van der Waals surface area contributed by atoms with Crippen LogP contribution in [0.3, 0.4) is 0 Å². The minimum Gasteiger partial charge on any atom is -0.465 e. The molecule has 4 N–H and O–H groups in total. The lowest BCUT2D eigenvalue weighted by Gasteiger charge is -2.29. The van der Waals surface area contributed by atoms with Crippen LogP contribution in [0.4, 0.5) is 20.6 Å². The lowest BCUT2D eigenvalue weighted by Crippen LogP contribution is -2.43. The fourth-order valence-electron chi connectivity index (χ4n) is 4.20. The minimum atomic E-state index is -1.22. The average molecular weight is 422 g/mol. The molecule has 1 amide bonds. The Bertz CT molecular complexity index is 1070. The van der Waals surface area contributed by atoms with Gasteiger partial charge in [-0.25, -0.2) is 4.79 Å². The number of halogens is 1. The molecule has 0 fully saturated rings. The quantitative estimate of drug-likeness (QED) is 0.446. The van der Waals surface area contributed by atoms with Crippen LogP contribution >= 0.6 is 0 Å². The van der Waals surface area contributed by atoms with Crippen LogP contribution in [0.25, 0.3) is 11.3 Å². The number of fused-ring (bicyclic) bond motifs is 1. The molecule has 2 atom stereocenters. The molecule has 4 rings (SSSR count). The second-order valence-corrected chi connectivity index (χ2v) is 7.58. The summed E-state index contributed by atoms with van der Waals surface area (Å²) in [5.41, 5.74) is 4.46. The molecule has 2 heterocycles. The molecule has 0 spiro atoms. The first kappa shape index (κ1) is 20.6. The van der Waals surface area contributed by atoms with Gasteiger partial charge in [0.05, 0.1) is 23.6 Å². The van der Waals surface area contributed by atoms with Gasteiger partial charge in [0.15, 0.2) is 5.78 Å². The van der Waals surface area contributed by atoms with E-state index in [4.69, 9.17) is 5.11 Å². The number of carbonyl (C=O) groups excluding carboxylic acids is 1. The van der Waals surface area contributed by atoms with E-state index in [1.165, 1.54) is 0 Å². The molecule has 0 aliphatic heterocycles. The Morgan fingerprint density at radius 2 is 1.94 bits per heavy atom. The first-order valence-corrected chi connectivity index (χ1v) is 10.1. The van der Waals surface area contributed by atoms with Gasteiger partial charge >= 0.3 is 6.09 Å². The highest BCUT2D eigenvalue weighted by molar-refractivity contribution is 6.07. The van der Waals surface area contributed by atoms with E-state index in [1.807, 2.05) is 42.5 Å². The second-order valence-electron chi connectivity index (χ2n) is 7.58. The van der Waals surface area contributed by atoms with Gasteiger partial charge in [-0.2, -0.15) is 0 Å². The maximum absolute atomic E-state index is 13.2. The molecule has 1 aliphatic carbocycles. The van der Waals surface area contributed by atoms with Crippen LogP contribution in [-0.2, 0) is 6.42 Å². The molecule has 0 saturated carbocycles. The number of carboxylic acid groups (broad SMARTS) is 1. The Balaban J connectivity index is 1.75. The predicted octanol–water partition coefficient (Wildman–Crippen LogP) is 4.56. The molecule has 7 nitrogen and oxygen atoms in total. The minimum absolute atomic E-state index is 0.0343. The number of carbonyl (C=O) groups is 2. The maximum Gasteiger partial charge on any atom is 0.404 e. The first-order chi connectivity index (χ1) is 15.1. The van der Waals surface area contributed by atoms with Crippen LogP contribution in [0.2, 0.25) is 0 Å². The van der Waals surface area contributed by atoms with Crippen molar-refractivity contribution in [3.63, 3.8) is 0 Å². The second kappa shape index (κ2) is 8.99. The van der Waals surface area contributed by atoms with Crippen LogP contribution in [0.1, 0.15) is 28.9 Å². The molecular weight excluding hydrogens is 399 g/mol. The molecule has 2 aromatic heterocycles. The van der Waals surface area contributed by atoms with Gasteiger partial charge in [0.25, 0.3) is 0 Å². The fraction of sp³-hybridized carbons (Fsp3) is 0.261. The molecule has 3 aromatic rings. The number of aromatic amines is 1. The van der Waals surface area contributed by atoms with Crippen LogP contribution in [0, 0.1) is 5.92 Å². The van der Waals surface area contributed by atoms with E-state index in [0.29, 0.717) is 17.7 Å². The van der Waals surface area contributed by atoms with E-state index in [0.717, 1.165) is 22.6 Å². The lowest BCUT2D eigenvalue weighted by atomic mass is 9.81. The summed E-state index contributed by atoms with van der Waals surface area (Å²) in [6.45, 7) is -0.656. The van der Waals surface area contributed by atoms with Gasteiger partial charge in [0.1, 0.15) is 0 Å². The summed E-state index contributed by atoms with van der Waals surface area (Å²) in [7, 11) is 0. The van der Waals surface area contributed by atoms with Crippen molar-refractivity contribution in [1.82, 2.24) is 15.3 Å². The van der Waals surface area contributed by atoms with E-state index in [9.17, 15) is 14.0 Å². The van der Waals surface area contributed by atoms with Crippen LogP contribution in [0.15, 0.2) is 54.9 Å². The van der Waals surface area contributed by atoms with Gasteiger partial charge in [-0.1, -0.05) is 18.2 Å². The average Bonchev–Trinajstić information content (AvgIpc) is 3.13. The molecule has 0 saturated heterocycles. The first-order valence-electron chi connectivity index (χ1n) is 10.1. The van der Waals surface area contributed by atoms with Gasteiger partial charge < -0.3 is 20.7 Å². The third-order valence-corrected chi connectivity index (χ3v) is 5.58. The van der Waals surface area contributed by atoms with Gasteiger partial charge in [-0.05, 0) is 43.0 Å². The van der Waals surface area contributed by atoms with Gasteiger partial charge in [0, 0.05) is 41.8 Å².